The molecule has 0 saturated carbocycles. The zero-order valence-corrected chi connectivity index (χ0v) is 6.88. The van der Waals surface area contributed by atoms with Crippen molar-refractivity contribution >= 4 is 0 Å². The van der Waals surface area contributed by atoms with Gasteiger partial charge in [-0.3, -0.25) is 0 Å². The minimum atomic E-state index is -0.0274. The largest absolute Gasteiger partial charge is 0.379 e. The van der Waals surface area contributed by atoms with Gasteiger partial charge in [0, 0.05) is 13.2 Å². The lowest BCUT2D eigenvalue weighted by Crippen LogP contribution is -2.54. The van der Waals surface area contributed by atoms with E-state index in [1.54, 1.807) is 0 Å². The Kier molecular flexibility index (Phi) is 1.87. The van der Waals surface area contributed by atoms with E-state index in [9.17, 15) is 0 Å². The van der Waals surface area contributed by atoms with Gasteiger partial charge in [-0.05, 0) is 25.9 Å². The molecular formula is C8H16N2O. The predicted molar refractivity (Wildman–Crippen MR) is 43.4 cm³/mol. The van der Waals surface area contributed by atoms with Gasteiger partial charge < -0.3 is 15.4 Å². The molecule has 0 aromatic heterocycles. The van der Waals surface area contributed by atoms with Gasteiger partial charge in [-0.25, -0.2) is 0 Å². The van der Waals surface area contributed by atoms with Crippen LogP contribution in [0.1, 0.15) is 12.8 Å². The van der Waals surface area contributed by atoms with E-state index in [1.165, 1.54) is 19.5 Å². The summed E-state index contributed by atoms with van der Waals surface area (Å²) in [6.45, 7) is 5.11. The third-order valence-corrected chi connectivity index (χ3v) is 2.62. The van der Waals surface area contributed by atoms with Crippen molar-refractivity contribution in [2.24, 2.45) is 5.73 Å². The highest BCUT2D eigenvalue weighted by Gasteiger charge is 2.33. The van der Waals surface area contributed by atoms with Crippen molar-refractivity contribution in [2.45, 2.75) is 18.4 Å². The zero-order chi connectivity index (χ0) is 7.73. The Balaban J connectivity index is 1.82. The minimum absolute atomic E-state index is 0.0274. The summed E-state index contributed by atoms with van der Waals surface area (Å²) in [5.41, 5.74) is 6.08. The Labute approximate surface area is 67.5 Å². The molecule has 2 saturated heterocycles. The van der Waals surface area contributed by atoms with Crippen LogP contribution in [0.15, 0.2) is 0 Å². The maximum atomic E-state index is 6.10. The standard InChI is InChI=1S/C8H16N2O/c9-8(2-5-11-7-8)6-10-3-1-4-10/h1-7,9H2. The topological polar surface area (TPSA) is 38.5 Å². The van der Waals surface area contributed by atoms with E-state index < -0.39 is 0 Å². The molecule has 3 heteroatoms. The van der Waals surface area contributed by atoms with Crippen molar-refractivity contribution in [2.75, 3.05) is 32.8 Å². The van der Waals surface area contributed by atoms with Crippen LogP contribution in [0.25, 0.3) is 0 Å². The zero-order valence-electron chi connectivity index (χ0n) is 6.88. The molecular weight excluding hydrogens is 140 g/mol. The van der Waals surface area contributed by atoms with E-state index in [-0.39, 0.29) is 5.54 Å². The molecule has 1 atom stereocenters. The van der Waals surface area contributed by atoms with E-state index in [0.717, 1.165) is 26.2 Å². The van der Waals surface area contributed by atoms with Gasteiger partial charge in [0.15, 0.2) is 0 Å². The summed E-state index contributed by atoms with van der Waals surface area (Å²) in [6, 6.07) is 0. The summed E-state index contributed by atoms with van der Waals surface area (Å²) >= 11 is 0. The number of hydrogen-bond donors (Lipinski definition) is 1. The molecule has 11 heavy (non-hydrogen) atoms. The van der Waals surface area contributed by atoms with Crippen molar-refractivity contribution in [1.29, 1.82) is 0 Å². The monoisotopic (exact) mass is 156 g/mol. The molecule has 0 spiro atoms. The van der Waals surface area contributed by atoms with E-state index in [2.05, 4.69) is 4.90 Å². The van der Waals surface area contributed by atoms with Crippen LogP contribution in [0.4, 0.5) is 0 Å². The Morgan fingerprint density at radius 1 is 1.45 bits per heavy atom. The van der Waals surface area contributed by atoms with Crippen molar-refractivity contribution in [3.05, 3.63) is 0 Å². The third kappa shape index (κ3) is 1.55. The van der Waals surface area contributed by atoms with Crippen LogP contribution >= 0.6 is 0 Å². The molecule has 2 rings (SSSR count). The molecule has 2 fully saturated rings. The fourth-order valence-corrected chi connectivity index (χ4v) is 1.73. The summed E-state index contributed by atoms with van der Waals surface area (Å²) in [7, 11) is 0. The first kappa shape index (κ1) is 7.53. The van der Waals surface area contributed by atoms with E-state index in [1.807, 2.05) is 0 Å². The van der Waals surface area contributed by atoms with Crippen LogP contribution in [-0.4, -0.2) is 43.3 Å². The van der Waals surface area contributed by atoms with E-state index >= 15 is 0 Å². The number of nitrogens with zero attached hydrogens (tertiary/aromatic N) is 1. The lowest BCUT2D eigenvalue weighted by molar-refractivity contribution is 0.118. The smallest absolute Gasteiger partial charge is 0.0659 e. The van der Waals surface area contributed by atoms with Crippen molar-refractivity contribution in [3.8, 4) is 0 Å². The van der Waals surface area contributed by atoms with Crippen LogP contribution in [0, 0.1) is 0 Å². The maximum Gasteiger partial charge on any atom is 0.0659 e. The molecule has 2 N–H and O–H groups in total. The van der Waals surface area contributed by atoms with Gasteiger partial charge in [-0.15, -0.1) is 0 Å². The quantitative estimate of drug-likeness (QED) is 0.602. The number of hydrogen-bond acceptors (Lipinski definition) is 3. The second-order valence-corrected chi connectivity index (χ2v) is 3.79. The minimum Gasteiger partial charge on any atom is -0.379 e. The average molecular weight is 156 g/mol. The fourth-order valence-electron chi connectivity index (χ4n) is 1.73. The highest BCUT2D eigenvalue weighted by atomic mass is 16.5. The van der Waals surface area contributed by atoms with E-state index in [0.29, 0.717) is 0 Å². The van der Waals surface area contributed by atoms with Crippen molar-refractivity contribution in [3.63, 3.8) is 0 Å². The van der Waals surface area contributed by atoms with Crippen LogP contribution in [-0.2, 0) is 4.74 Å². The molecule has 64 valence electrons. The number of nitrogens with two attached hydrogens (primary N) is 1. The lowest BCUT2D eigenvalue weighted by atomic mass is 9.98. The maximum absolute atomic E-state index is 6.10. The molecule has 0 radical (unpaired) electrons. The highest BCUT2D eigenvalue weighted by Crippen LogP contribution is 2.19. The van der Waals surface area contributed by atoms with Gasteiger partial charge >= 0.3 is 0 Å². The Hall–Kier alpha value is -0.120. The molecule has 0 aromatic rings. The fraction of sp³-hybridized carbons (Fsp3) is 1.00. The molecule has 2 aliphatic rings. The Morgan fingerprint density at radius 2 is 2.27 bits per heavy atom. The SMILES string of the molecule is NC1(CN2CCC2)CCOC1. The van der Waals surface area contributed by atoms with Gasteiger partial charge in [0.05, 0.1) is 12.1 Å². The molecule has 0 amide bonds. The molecule has 0 aromatic carbocycles. The van der Waals surface area contributed by atoms with Crippen LogP contribution < -0.4 is 5.73 Å². The van der Waals surface area contributed by atoms with E-state index in [4.69, 9.17) is 10.5 Å². The Bertz CT molecular complexity index is 139. The number of ether oxygens (including phenoxy) is 1. The van der Waals surface area contributed by atoms with Gasteiger partial charge in [0.25, 0.3) is 0 Å². The Morgan fingerprint density at radius 3 is 2.73 bits per heavy atom. The first-order chi connectivity index (χ1) is 5.29. The average Bonchev–Trinajstić information content (AvgIpc) is 2.29. The normalized spacial score (nSPS) is 39.0. The number of likely N-dealkylation sites (tertiary alicyclic amines) is 1. The molecule has 2 heterocycles. The third-order valence-electron chi connectivity index (χ3n) is 2.62. The van der Waals surface area contributed by atoms with Gasteiger partial charge in [0.1, 0.15) is 0 Å². The second-order valence-electron chi connectivity index (χ2n) is 3.79. The summed E-state index contributed by atoms with van der Waals surface area (Å²) < 4.78 is 5.28. The molecule has 0 aliphatic carbocycles. The van der Waals surface area contributed by atoms with Crippen molar-refractivity contribution < 1.29 is 4.74 Å². The first-order valence-electron chi connectivity index (χ1n) is 4.38. The first-order valence-corrected chi connectivity index (χ1v) is 4.38. The second kappa shape index (κ2) is 2.73. The summed E-state index contributed by atoms with van der Waals surface area (Å²) in [5, 5.41) is 0. The van der Waals surface area contributed by atoms with Crippen LogP contribution in [0.2, 0.25) is 0 Å². The number of rotatable bonds is 2. The lowest BCUT2D eigenvalue weighted by Gasteiger charge is -2.36. The summed E-state index contributed by atoms with van der Waals surface area (Å²) in [4.78, 5) is 2.41. The summed E-state index contributed by atoms with van der Waals surface area (Å²) in [5.74, 6) is 0. The molecule has 0 bridgehead atoms. The van der Waals surface area contributed by atoms with Crippen molar-refractivity contribution in [1.82, 2.24) is 4.90 Å². The predicted octanol–water partition coefficient (Wildman–Crippen LogP) is -0.190. The van der Waals surface area contributed by atoms with Gasteiger partial charge in [0.2, 0.25) is 0 Å². The van der Waals surface area contributed by atoms with Gasteiger partial charge in [-0.2, -0.15) is 0 Å². The molecule has 1 unspecified atom stereocenters. The van der Waals surface area contributed by atoms with Crippen LogP contribution in [0.3, 0.4) is 0 Å². The summed E-state index contributed by atoms with van der Waals surface area (Å²) in [6.07, 6.45) is 2.38. The van der Waals surface area contributed by atoms with Crippen LogP contribution in [0.5, 0.6) is 0 Å². The molecule has 2 aliphatic heterocycles. The highest BCUT2D eigenvalue weighted by molar-refractivity contribution is 4.92. The molecule has 3 nitrogen and oxygen atoms in total. The van der Waals surface area contributed by atoms with Gasteiger partial charge in [-0.1, -0.05) is 0 Å².